The van der Waals surface area contributed by atoms with Crippen LogP contribution in [-0.4, -0.2) is 65.8 Å². The van der Waals surface area contributed by atoms with Gasteiger partial charge in [0, 0.05) is 13.2 Å². The second-order valence-electron chi connectivity index (χ2n) is 10.9. The number of carbonyl (C=O) groups excluding carboxylic acids is 1. The Bertz CT molecular complexity index is 815. The molecule has 0 unspecified atom stereocenters. The second-order valence-corrected chi connectivity index (χ2v) is 10.9. The summed E-state index contributed by atoms with van der Waals surface area (Å²) in [7, 11) is 0. The Morgan fingerprint density at radius 1 is 0.973 bits per heavy atom. The van der Waals surface area contributed by atoms with Crippen LogP contribution in [-0.2, 0) is 30.2 Å². The fraction of sp³-hybridized carbons (Fsp3) is 0.759. The first-order valence-corrected chi connectivity index (χ1v) is 14.1. The molecule has 2 aliphatic heterocycles. The summed E-state index contributed by atoms with van der Waals surface area (Å²) in [4.78, 5) is 12.4. The van der Waals surface area contributed by atoms with E-state index in [0.717, 1.165) is 18.4 Å². The number of hydrogen-bond donors (Lipinski definition) is 3. The van der Waals surface area contributed by atoms with Gasteiger partial charge in [-0.25, -0.2) is 0 Å². The van der Waals surface area contributed by atoms with Crippen molar-refractivity contribution in [2.24, 2.45) is 0 Å². The van der Waals surface area contributed by atoms with Gasteiger partial charge in [-0.15, -0.1) is 0 Å². The van der Waals surface area contributed by atoms with Crippen LogP contribution < -0.4 is 5.32 Å². The summed E-state index contributed by atoms with van der Waals surface area (Å²) < 4.78 is 24.2. The summed E-state index contributed by atoms with van der Waals surface area (Å²) in [5.41, 5.74) is 0.783. The number of unbranched alkanes of at least 4 members (excludes halogenated alkanes) is 9. The van der Waals surface area contributed by atoms with E-state index in [1.54, 1.807) is 38.1 Å². The molecule has 37 heavy (non-hydrogen) atoms. The van der Waals surface area contributed by atoms with E-state index in [1.807, 2.05) is 0 Å². The highest BCUT2D eigenvalue weighted by Crippen LogP contribution is 2.45. The summed E-state index contributed by atoms with van der Waals surface area (Å²) in [6.45, 7) is 6.72. The third-order valence-corrected chi connectivity index (χ3v) is 7.05. The first-order valence-electron chi connectivity index (χ1n) is 14.1. The molecular formula is C29H47NO7. The van der Waals surface area contributed by atoms with Crippen LogP contribution in [0.5, 0.6) is 5.75 Å². The first-order chi connectivity index (χ1) is 17.7. The number of hydrogen-bond acceptors (Lipinski definition) is 7. The van der Waals surface area contributed by atoms with Gasteiger partial charge in [-0.3, -0.25) is 4.79 Å². The van der Waals surface area contributed by atoms with Crippen molar-refractivity contribution < 1.29 is 34.0 Å². The molecule has 3 rings (SSSR count). The summed E-state index contributed by atoms with van der Waals surface area (Å²) >= 11 is 0. The van der Waals surface area contributed by atoms with Crippen molar-refractivity contribution in [1.82, 2.24) is 5.32 Å². The molecule has 1 aromatic carbocycles. The monoisotopic (exact) mass is 521 g/mol. The zero-order chi connectivity index (χ0) is 26.7. The Morgan fingerprint density at radius 3 is 2.24 bits per heavy atom. The number of phenols is 1. The summed E-state index contributed by atoms with van der Waals surface area (Å²) in [6, 6.07) is 6.49. The van der Waals surface area contributed by atoms with E-state index in [0.29, 0.717) is 6.61 Å². The zero-order valence-electron chi connectivity index (χ0n) is 22.9. The quantitative estimate of drug-likeness (QED) is 0.257. The SMILES string of the molecule is CCCCCCCCCCCCOC[C@@]12O[C@@H](CNC(=O)Cc3ccc(O)cc3)[C@@H](O)[C@@H]1OC(C)(C)O2. The molecule has 0 saturated carbocycles. The predicted octanol–water partition coefficient (Wildman–Crippen LogP) is 4.60. The Hall–Kier alpha value is -1.71. The largest absolute Gasteiger partial charge is 0.508 e. The second kappa shape index (κ2) is 14.4. The number of ether oxygens (including phenoxy) is 4. The van der Waals surface area contributed by atoms with Crippen molar-refractivity contribution in [3.05, 3.63) is 29.8 Å². The summed E-state index contributed by atoms with van der Waals surface area (Å²) in [6.07, 6.45) is 10.4. The van der Waals surface area contributed by atoms with Crippen LogP contribution in [0.15, 0.2) is 24.3 Å². The number of amides is 1. The average molecular weight is 522 g/mol. The van der Waals surface area contributed by atoms with Crippen molar-refractivity contribution in [3.63, 3.8) is 0 Å². The van der Waals surface area contributed by atoms with E-state index in [1.165, 1.54) is 51.4 Å². The molecule has 2 saturated heterocycles. The lowest BCUT2D eigenvalue weighted by molar-refractivity contribution is -0.277. The number of rotatable bonds is 17. The normalized spacial score (nSPS) is 26.3. The molecule has 1 aromatic rings. The van der Waals surface area contributed by atoms with Gasteiger partial charge in [0.15, 0.2) is 5.79 Å². The molecule has 2 fully saturated rings. The fourth-order valence-electron chi connectivity index (χ4n) is 5.13. The van der Waals surface area contributed by atoms with Gasteiger partial charge in [-0.05, 0) is 38.0 Å². The van der Waals surface area contributed by atoms with Crippen molar-refractivity contribution in [2.75, 3.05) is 19.8 Å². The third kappa shape index (κ3) is 9.21. The molecule has 0 aliphatic carbocycles. The van der Waals surface area contributed by atoms with E-state index in [2.05, 4.69) is 12.2 Å². The van der Waals surface area contributed by atoms with Crippen LogP contribution in [0.3, 0.4) is 0 Å². The number of nitrogens with one attached hydrogen (secondary N) is 1. The van der Waals surface area contributed by atoms with E-state index in [4.69, 9.17) is 18.9 Å². The van der Waals surface area contributed by atoms with Crippen molar-refractivity contribution in [3.8, 4) is 5.75 Å². The maximum absolute atomic E-state index is 12.4. The highest BCUT2D eigenvalue weighted by molar-refractivity contribution is 5.78. The van der Waals surface area contributed by atoms with Gasteiger partial charge in [0.2, 0.25) is 11.7 Å². The molecule has 0 bridgehead atoms. The molecule has 210 valence electrons. The molecule has 3 N–H and O–H groups in total. The van der Waals surface area contributed by atoms with Crippen LogP contribution in [0.1, 0.15) is 90.5 Å². The maximum Gasteiger partial charge on any atom is 0.224 e. The number of phenolic OH excluding ortho intramolecular Hbond substituents is 1. The molecule has 0 spiro atoms. The van der Waals surface area contributed by atoms with Crippen LogP contribution in [0.25, 0.3) is 0 Å². The van der Waals surface area contributed by atoms with Crippen LogP contribution in [0, 0.1) is 0 Å². The molecule has 4 atom stereocenters. The maximum atomic E-state index is 12.4. The zero-order valence-corrected chi connectivity index (χ0v) is 22.9. The topological polar surface area (TPSA) is 106 Å². The van der Waals surface area contributed by atoms with Crippen molar-refractivity contribution in [2.45, 2.75) is 121 Å². The van der Waals surface area contributed by atoms with Gasteiger partial charge in [-0.2, -0.15) is 0 Å². The standard InChI is InChI=1S/C29H47NO7/c1-4-5-6-7-8-9-10-11-12-13-18-34-21-29-27(36-28(2,3)37-29)26(33)24(35-29)20-30-25(32)19-22-14-16-23(31)17-15-22/h14-17,24,26-27,31,33H,4-13,18-21H2,1-3H3,(H,30,32)/t24-,26+,27-,29-/m0/s1. The molecule has 8 heteroatoms. The Morgan fingerprint density at radius 2 is 1.59 bits per heavy atom. The van der Waals surface area contributed by atoms with Gasteiger partial charge in [0.1, 0.15) is 30.7 Å². The number of aliphatic hydroxyl groups excluding tert-OH is 1. The van der Waals surface area contributed by atoms with Crippen LogP contribution in [0.2, 0.25) is 0 Å². The minimum absolute atomic E-state index is 0.127. The highest BCUT2D eigenvalue weighted by atomic mass is 16.9. The number of aromatic hydroxyl groups is 1. The third-order valence-electron chi connectivity index (χ3n) is 7.05. The molecule has 2 aliphatic rings. The smallest absolute Gasteiger partial charge is 0.224 e. The molecule has 1 amide bonds. The lowest BCUT2D eigenvalue weighted by atomic mass is 10.1. The average Bonchev–Trinajstić information content (AvgIpc) is 3.26. The summed E-state index contributed by atoms with van der Waals surface area (Å²) in [5.74, 6) is -2.15. The minimum Gasteiger partial charge on any atom is -0.508 e. The number of fused-ring (bicyclic) bond motifs is 1. The predicted molar refractivity (Wildman–Crippen MR) is 141 cm³/mol. The Labute approximate surface area is 222 Å². The van der Waals surface area contributed by atoms with Gasteiger partial charge < -0.3 is 34.5 Å². The van der Waals surface area contributed by atoms with Crippen LogP contribution >= 0.6 is 0 Å². The lowest BCUT2D eigenvalue weighted by Crippen LogP contribution is -2.45. The first kappa shape index (κ1) is 29.8. The molecule has 0 radical (unpaired) electrons. The van der Waals surface area contributed by atoms with Gasteiger partial charge in [-0.1, -0.05) is 76.8 Å². The number of aliphatic hydroxyl groups is 1. The van der Waals surface area contributed by atoms with Crippen molar-refractivity contribution in [1.29, 1.82) is 0 Å². The van der Waals surface area contributed by atoms with E-state index in [-0.39, 0.29) is 31.2 Å². The molecule has 0 aromatic heterocycles. The fourth-order valence-corrected chi connectivity index (χ4v) is 5.13. The van der Waals surface area contributed by atoms with Crippen molar-refractivity contribution >= 4 is 5.91 Å². The van der Waals surface area contributed by atoms with Gasteiger partial charge in [0.25, 0.3) is 0 Å². The molecule has 8 nitrogen and oxygen atoms in total. The Kier molecular flexibility index (Phi) is 11.7. The minimum atomic E-state index is -1.20. The number of benzene rings is 1. The molecule has 2 heterocycles. The molecular weight excluding hydrogens is 474 g/mol. The summed E-state index contributed by atoms with van der Waals surface area (Å²) in [5, 5.41) is 23.1. The van der Waals surface area contributed by atoms with Gasteiger partial charge >= 0.3 is 0 Å². The van der Waals surface area contributed by atoms with Gasteiger partial charge in [0.05, 0.1) is 6.42 Å². The number of carbonyl (C=O) groups is 1. The van der Waals surface area contributed by atoms with E-state index in [9.17, 15) is 15.0 Å². The highest BCUT2D eigenvalue weighted by Gasteiger charge is 2.64. The van der Waals surface area contributed by atoms with E-state index >= 15 is 0 Å². The van der Waals surface area contributed by atoms with E-state index < -0.39 is 29.9 Å². The van der Waals surface area contributed by atoms with Crippen LogP contribution in [0.4, 0.5) is 0 Å². The Balaban J connectivity index is 1.37. The lowest BCUT2D eigenvalue weighted by Gasteiger charge is -2.28.